The number of rotatable bonds is 1. The van der Waals surface area contributed by atoms with Crippen LogP contribution in [0.25, 0.3) is 0 Å². The maximum absolute atomic E-state index is 12.4. The second-order valence-electron chi connectivity index (χ2n) is 4.86. The quantitative estimate of drug-likeness (QED) is 0.875. The summed E-state index contributed by atoms with van der Waals surface area (Å²) in [6.45, 7) is 0.750. The van der Waals surface area contributed by atoms with Gasteiger partial charge in [0.05, 0.1) is 5.69 Å². The van der Waals surface area contributed by atoms with Crippen LogP contribution in [0.2, 0.25) is 0 Å². The molecule has 0 saturated carbocycles. The molecule has 1 fully saturated rings. The Hall–Kier alpha value is -2.01. The van der Waals surface area contributed by atoms with Crippen molar-refractivity contribution >= 4 is 23.5 Å². The average Bonchev–Trinajstić information content (AvgIpc) is 2.95. The lowest BCUT2D eigenvalue weighted by molar-refractivity contribution is 0.195. The lowest BCUT2D eigenvalue weighted by Gasteiger charge is -2.42. The zero-order chi connectivity index (χ0) is 13.6. The third-order valence-electron chi connectivity index (χ3n) is 3.84. The van der Waals surface area contributed by atoms with Gasteiger partial charge < -0.3 is 10.2 Å². The van der Waals surface area contributed by atoms with Crippen molar-refractivity contribution in [2.45, 2.75) is 4.87 Å². The van der Waals surface area contributed by atoms with Gasteiger partial charge in [0.1, 0.15) is 4.87 Å². The number of anilines is 1. The van der Waals surface area contributed by atoms with Gasteiger partial charge in [0.25, 0.3) is 0 Å². The Morgan fingerprint density at radius 1 is 1.25 bits per heavy atom. The molecular formula is C15H13N3OS. The predicted octanol–water partition coefficient (Wildman–Crippen LogP) is 2.88. The smallest absolute Gasteiger partial charge is 0.307 e. The largest absolute Gasteiger partial charge is 0.323 e. The zero-order valence-electron chi connectivity index (χ0n) is 10.7. The van der Waals surface area contributed by atoms with E-state index in [-0.39, 0.29) is 6.03 Å². The molecule has 2 aliphatic heterocycles. The molecule has 0 spiro atoms. The number of carbonyl (C=O) groups excluding carboxylic acids is 1. The number of benzene rings is 1. The van der Waals surface area contributed by atoms with Crippen LogP contribution in [0.15, 0.2) is 48.8 Å². The van der Waals surface area contributed by atoms with Crippen LogP contribution in [0.1, 0.15) is 11.1 Å². The third-order valence-corrected chi connectivity index (χ3v) is 5.32. The van der Waals surface area contributed by atoms with Crippen molar-refractivity contribution in [3.05, 3.63) is 59.9 Å². The Labute approximate surface area is 121 Å². The van der Waals surface area contributed by atoms with Crippen molar-refractivity contribution in [2.75, 3.05) is 17.6 Å². The number of nitrogens with one attached hydrogen (secondary N) is 1. The number of hydrogen-bond donors (Lipinski definition) is 1. The lowest BCUT2D eigenvalue weighted by Crippen LogP contribution is -2.50. The molecule has 3 heterocycles. The van der Waals surface area contributed by atoms with Gasteiger partial charge in [-0.15, -0.1) is 11.8 Å². The standard InChI is InChI=1S/C15H13N3OS/c19-14-17-13-6-7-16-10-12(13)15(18(14)8-9-20-15)11-4-2-1-3-5-11/h1-7,10H,8-9H2,(H,17,19). The molecule has 0 bridgehead atoms. The highest BCUT2D eigenvalue weighted by atomic mass is 32.2. The van der Waals surface area contributed by atoms with E-state index in [2.05, 4.69) is 22.4 Å². The molecule has 1 aromatic carbocycles. The molecule has 5 heteroatoms. The molecule has 0 aliphatic carbocycles. The topological polar surface area (TPSA) is 45.2 Å². The van der Waals surface area contributed by atoms with Crippen LogP contribution in [0.3, 0.4) is 0 Å². The number of aromatic nitrogens is 1. The lowest BCUT2D eigenvalue weighted by atomic mass is 9.94. The number of urea groups is 1. The van der Waals surface area contributed by atoms with Crippen LogP contribution >= 0.6 is 11.8 Å². The molecule has 1 aromatic heterocycles. The SMILES string of the molecule is O=C1Nc2ccncc2C2(c3ccccc3)SCCN12. The van der Waals surface area contributed by atoms with Crippen LogP contribution in [0.4, 0.5) is 10.5 Å². The summed E-state index contributed by atoms with van der Waals surface area (Å²) in [5.74, 6) is 0.927. The maximum atomic E-state index is 12.4. The minimum Gasteiger partial charge on any atom is -0.307 e. The van der Waals surface area contributed by atoms with Crippen molar-refractivity contribution in [1.82, 2.24) is 9.88 Å². The molecule has 4 nitrogen and oxygen atoms in total. The molecule has 1 unspecified atom stereocenters. The van der Waals surface area contributed by atoms with Gasteiger partial charge in [0.15, 0.2) is 0 Å². The van der Waals surface area contributed by atoms with E-state index in [1.807, 2.05) is 35.4 Å². The highest BCUT2D eigenvalue weighted by Gasteiger charge is 2.51. The second-order valence-corrected chi connectivity index (χ2v) is 6.15. The van der Waals surface area contributed by atoms with Gasteiger partial charge in [-0.05, 0) is 11.6 Å². The average molecular weight is 283 g/mol. The Balaban J connectivity index is 2.01. The van der Waals surface area contributed by atoms with E-state index in [4.69, 9.17) is 0 Å². The molecule has 100 valence electrons. The number of nitrogens with zero attached hydrogens (tertiary/aromatic N) is 2. The van der Waals surface area contributed by atoms with Crippen molar-refractivity contribution < 1.29 is 4.79 Å². The Kier molecular flexibility index (Phi) is 2.50. The van der Waals surface area contributed by atoms with Gasteiger partial charge >= 0.3 is 6.03 Å². The first kappa shape index (κ1) is 11.8. The summed E-state index contributed by atoms with van der Waals surface area (Å²) in [5, 5.41) is 2.96. The molecule has 0 radical (unpaired) electrons. The van der Waals surface area contributed by atoms with Crippen molar-refractivity contribution in [3.63, 3.8) is 0 Å². The third kappa shape index (κ3) is 1.44. The Morgan fingerprint density at radius 2 is 2.10 bits per heavy atom. The van der Waals surface area contributed by atoms with Crippen LogP contribution in [-0.4, -0.2) is 28.2 Å². The van der Waals surface area contributed by atoms with E-state index >= 15 is 0 Å². The molecule has 1 N–H and O–H groups in total. The number of carbonyl (C=O) groups is 1. The van der Waals surface area contributed by atoms with Crippen molar-refractivity contribution in [3.8, 4) is 0 Å². The number of hydrogen-bond acceptors (Lipinski definition) is 3. The number of pyridine rings is 1. The monoisotopic (exact) mass is 283 g/mol. The fourth-order valence-corrected chi connectivity index (χ4v) is 4.52. The predicted molar refractivity (Wildman–Crippen MR) is 79.6 cm³/mol. The van der Waals surface area contributed by atoms with Gasteiger partial charge in [0, 0.05) is 30.3 Å². The van der Waals surface area contributed by atoms with Gasteiger partial charge in [-0.25, -0.2) is 4.79 Å². The first-order valence-electron chi connectivity index (χ1n) is 6.55. The van der Waals surface area contributed by atoms with Gasteiger partial charge in [-0.3, -0.25) is 4.98 Å². The summed E-state index contributed by atoms with van der Waals surface area (Å²) in [6.07, 6.45) is 3.58. The molecular weight excluding hydrogens is 270 g/mol. The highest BCUT2D eigenvalue weighted by molar-refractivity contribution is 8.00. The summed E-state index contributed by atoms with van der Waals surface area (Å²) in [5.41, 5.74) is 3.06. The van der Waals surface area contributed by atoms with Gasteiger partial charge in [-0.2, -0.15) is 0 Å². The minimum atomic E-state index is -0.437. The molecule has 2 aliphatic rings. The van der Waals surface area contributed by atoms with Crippen LogP contribution in [0.5, 0.6) is 0 Å². The number of thioether (sulfide) groups is 1. The van der Waals surface area contributed by atoms with Crippen LogP contribution in [0, 0.1) is 0 Å². The van der Waals surface area contributed by atoms with Crippen LogP contribution < -0.4 is 5.32 Å². The first-order chi connectivity index (χ1) is 9.82. The summed E-state index contributed by atoms with van der Waals surface area (Å²) < 4.78 is 0. The summed E-state index contributed by atoms with van der Waals surface area (Å²) in [6, 6.07) is 12.0. The van der Waals surface area contributed by atoms with E-state index < -0.39 is 4.87 Å². The Bertz CT molecular complexity index is 676. The Morgan fingerprint density at radius 3 is 2.95 bits per heavy atom. The van der Waals surface area contributed by atoms with Gasteiger partial charge in [-0.1, -0.05) is 30.3 Å². The number of fused-ring (bicyclic) bond motifs is 3. The fraction of sp³-hybridized carbons (Fsp3) is 0.200. The first-order valence-corrected chi connectivity index (χ1v) is 7.53. The van der Waals surface area contributed by atoms with E-state index in [1.165, 1.54) is 0 Å². The molecule has 20 heavy (non-hydrogen) atoms. The van der Waals surface area contributed by atoms with Crippen LogP contribution in [-0.2, 0) is 4.87 Å². The summed E-state index contributed by atoms with van der Waals surface area (Å²) >= 11 is 1.80. The molecule has 4 rings (SSSR count). The normalized spacial score (nSPS) is 24.0. The molecule has 2 amide bonds. The zero-order valence-corrected chi connectivity index (χ0v) is 11.6. The number of amides is 2. The summed E-state index contributed by atoms with van der Waals surface area (Å²) in [7, 11) is 0. The minimum absolute atomic E-state index is 0.0300. The van der Waals surface area contributed by atoms with E-state index in [1.54, 1.807) is 18.0 Å². The van der Waals surface area contributed by atoms with E-state index in [9.17, 15) is 4.79 Å². The molecule has 2 aromatic rings. The molecule has 1 saturated heterocycles. The summed E-state index contributed by atoms with van der Waals surface area (Å²) in [4.78, 5) is 18.1. The second kappa shape index (κ2) is 4.24. The maximum Gasteiger partial charge on any atom is 0.323 e. The fourth-order valence-electron chi connectivity index (χ4n) is 3.00. The highest BCUT2D eigenvalue weighted by Crippen LogP contribution is 2.53. The molecule has 1 atom stereocenters. The van der Waals surface area contributed by atoms with E-state index in [0.29, 0.717) is 0 Å². The van der Waals surface area contributed by atoms with E-state index in [0.717, 1.165) is 29.1 Å². The van der Waals surface area contributed by atoms with Crippen molar-refractivity contribution in [1.29, 1.82) is 0 Å². The van der Waals surface area contributed by atoms with Crippen molar-refractivity contribution in [2.24, 2.45) is 0 Å². The van der Waals surface area contributed by atoms with Gasteiger partial charge in [0.2, 0.25) is 0 Å².